The van der Waals surface area contributed by atoms with Gasteiger partial charge >= 0.3 is 0 Å². The summed E-state index contributed by atoms with van der Waals surface area (Å²) in [6.07, 6.45) is 9.07. The van der Waals surface area contributed by atoms with E-state index < -0.39 is 16.5 Å². The number of carbonyl (C=O) groups excluding carboxylic acids is 1. The van der Waals surface area contributed by atoms with E-state index in [1.54, 1.807) is 0 Å². The largest absolute Gasteiger partial charge is 0.511 e. The number of allylic oxidation sites excluding steroid dienone is 5. The van der Waals surface area contributed by atoms with E-state index in [-0.39, 0.29) is 29.4 Å². The summed E-state index contributed by atoms with van der Waals surface area (Å²) in [7, 11) is 0. The van der Waals surface area contributed by atoms with Gasteiger partial charge in [-0.2, -0.15) is 5.26 Å². The molecule has 7 atom stereocenters. The Bertz CT molecular complexity index is 750. The fourth-order valence-electron chi connectivity index (χ4n) is 6.84. The molecule has 3 aliphatic carbocycles. The lowest BCUT2D eigenvalue weighted by atomic mass is 9.49. The number of rotatable bonds is 3. The summed E-state index contributed by atoms with van der Waals surface area (Å²) in [6.45, 7) is 9.50. The lowest BCUT2D eigenvalue weighted by Gasteiger charge is -2.57. The van der Waals surface area contributed by atoms with E-state index in [1.165, 1.54) is 6.08 Å². The molecule has 0 radical (unpaired) electrons. The summed E-state index contributed by atoms with van der Waals surface area (Å²) >= 11 is 0. The Morgan fingerprint density at radius 3 is 2.67 bits per heavy atom. The first-order valence-corrected chi connectivity index (χ1v) is 10.00. The van der Waals surface area contributed by atoms with Gasteiger partial charge in [0, 0.05) is 5.41 Å². The number of hydrogen-bond acceptors (Lipinski definition) is 3. The van der Waals surface area contributed by atoms with E-state index in [2.05, 4.69) is 12.6 Å². The molecule has 3 aliphatic rings. The predicted molar refractivity (Wildman–Crippen MR) is 103 cm³/mol. The molecule has 4 heteroatoms. The monoisotopic (exact) mass is 371 g/mol. The lowest BCUT2D eigenvalue weighted by Crippen LogP contribution is -2.58. The Balaban J connectivity index is 2.08. The average Bonchev–Trinajstić information content (AvgIpc) is 2.91. The molecule has 0 aliphatic heterocycles. The quantitative estimate of drug-likeness (QED) is 0.310. The van der Waals surface area contributed by atoms with Gasteiger partial charge in [0.25, 0.3) is 0 Å². The van der Waals surface area contributed by atoms with Crippen molar-refractivity contribution in [3.05, 3.63) is 36.1 Å². The molecule has 0 saturated heterocycles. The maximum absolute atomic E-state index is 16.8. The third-order valence-electron chi connectivity index (χ3n) is 8.12. The zero-order valence-electron chi connectivity index (χ0n) is 16.5. The fourth-order valence-corrected chi connectivity index (χ4v) is 6.84. The normalized spacial score (nSPS) is 48.0. The van der Waals surface area contributed by atoms with Gasteiger partial charge in [0.1, 0.15) is 23.1 Å². The van der Waals surface area contributed by atoms with Crippen molar-refractivity contribution in [3.63, 3.8) is 0 Å². The molecule has 0 aromatic rings. The number of hydrogen-bond donors (Lipinski definition) is 1. The first-order valence-electron chi connectivity index (χ1n) is 10.00. The number of alkyl halides is 1. The van der Waals surface area contributed by atoms with E-state index in [0.717, 1.165) is 18.3 Å². The van der Waals surface area contributed by atoms with Gasteiger partial charge in [-0.3, -0.25) is 4.79 Å². The van der Waals surface area contributed by atoms with Crippen LogP contribution in [-0.2, 0) is 4.79 Å². The van der Waals surface area contributed by atoms with Crippen LogP contribution in [0.2, 0.25) is 0 Å². The summed E-state index contributed by atoms with van der Waals surface area (Å²) in [4.78, 5) is 11.2. The Morgan fingerprint density at radius 1 is 1.41 bits per heavy atom. The standard InChI is InChI=1S/C23H30FNO2/c1-5-10-21(4)17(9-12-26)6-7-20-18-13-15(2)22(14-25,16(3)27)19(18)8-11-23(20,21)24/h5,9-10,12,15,18-20,27H,3,6-8,11,13H2,1-2,4H3/b10-5-,17-9-. The molecule has 0 amide bonds. The Kier molecular flexibility index (Phi) is 4.87. The highest BCUT2D eigenvalue weighted by Gasteiger charge is 2.67. The summed E-state index contributed by atoms with van der Waals surface area (Å²) in [6, 6.07) is 2.37. The Morgan fingerprint density at radius 2 is 2.11 bits per heavy atom. The lowest BCUT2D eigenvalue weighted by molar-refractivity contribution is -0.106. The van der Waals surface area contributed by atoms with Gasteiger partial charge < -0.3 is 5.11 Å². The topological polar surface area (TPSA) is 61.1 Å². The van der Waals surface area contributed by atoms with E-state index in [1.807, 2.05) is 32.9 Å². The van der Waals surface area contributed by atoms with Crippen molar-refractivity contribution in [1.29, 1.82) is 5.26 Å². The van der Waals surface area contributed by atoms with Crippen molar-refractivity contribution in [2.24, 2.45) is 34.5 Å². The van der Waals surface area contributed by atoms with Crippen molar-refractivity contribution in [1.82, 2.24) is 0 Å². The second-order valence-electron chi connectivity index (χ2n) is 8.91. The highest BCUT2D eigenvalue weighted by Crippen LogP contribution is 2.68. The first-order chi connectivity index (χ1) is 12.7. The van der Waals surface area contributed by atoms with Crippen LogP contribution < -0.4 is 0 Å². The fraction of sp³-hybridized carbons (Fsp3) is 0.652. The summed E-state index contributed by atoms with van der Waals surface area (Å²) in [5.41, 5.74) is -2.37. The van der Waals surface area contributed by atoms with Crippen molar-refractivity contribution < 1.29 is 14.3 Å². The number of fused-ring (bicyclic) bond motifs is 3. The van der Waals surface area contributed by atoms with Gasteiger partial charge in [0.05, 0.1) is 6.07 Å². The molecule has 3 fully saturated rings. The molecular formula is C23H30FNO2. The molecule has 0 spiro atoms. The number of aldehydes is 1. The van der Waals surface area contributed by atoms with Gasteiger partial charge in [0.2, 0.25) is 0 Å². The van der Waals surface area contributed by atoms with E-state index in [4.69, 9.17) is 0 Å². The molecule has 0 heterocycles. The molecule has 3 rings (SSSR count). The highest BCUT2D eigenvalue weighted by atomic mass is 19.1. The molecule has 0 aromatic carbocycles. The SMILES string of the molecule is C=C(O)C1(C#N)C(C)CC2C1CCC1(F)C2CC/C(=C/C=O)C1(C)/C=C\C. The summed E-state index contributed by atoms with van der Waals surface area (Å²) < 4.78 is 16.8. The molecule has 1 N–H and O–H groups in total. The number of aliphatic hydroxyl groups excluding tert-OH is 1. The molecule has 3 saturated carbocycles. The number of nitrogens with zero attached hydrogens (tertiary/aromatic N) is 1. The summed E-state index contributed by atoms with van der Waals surface area (Å²) in [5.74, 6) is -0.305. The van der Waals surface area contributed by atoms with E-state index in [0.29, 0.717) is 25.7 Å². The van der Waals surface area contributed by atoms with Crippen LogP contribution in [0, 0.1) is 45.8 Å². The minimum atomic E-state index is -1.45. The van der Waals surface area contributed by atoms with Gasteiger partial charge in [-0.25, -0.2) is 4.39 Å². The molecule has 3 nitrogen and oxygen atoms in total. The van der Waals surface area contributed by atoms with E-state index >= 15 is 4.39 Å². The maximum Gasteiger partial charge on any atom is 0.142 e. The van der Waals surface area contributed by atoms with Crippen LogP contribution >= 0.6 is 0 Å². The van der Waals surface area contributed by atoms with Gasteiger partial charge in [-0.05, 0) is 75.7 Å². The molecular weight excluding hydrogens is 341 g/mol. The zero-order chi connectivity index (χ0) is 20.0. The molecule has 146 valence electrons. The highest BCUT2D eigenvalue weighted by molar-refractivity contribution is 5.67. The maximum atomic E-state index is 16.8. The van der Waals surface area contributed by atoms with Crippen molar-refractivity contribution in [2.45, 2.75) is 58.5 Å². The van der Waals surface area contributed by atoms with Crippen LogP contribution in [0.4, 0.5) is 4.39 Å². The van der Waals surface area contributed by atoms with E-state index in [9.17, 15) is 15.2 Å². The minimum absolute atomic E-state index is 0.0442. The second-order valence-corrected chi connectivity index (χ2v) is 8.91. The number of carbonyl (C=O) groups is 1. The third-order valence-corrected chi connectivity index (χ3v) is 8.12. The number of aliphatic hydroxyl groups is 1. The van der Waals surface area contributed by atoms with Crippen molar-refractivity contribution in [2.75, 3.05) is 0 Å². The van der Waals surface area contributed by atoms with Crippen LogP contribution in [0.3, 0.4) is 0 Å². The van der Waals surface area contributed by atoms with Crippen LogP contribution in [0.5, 0.6) is 0 Å². The van der Waals surface area contributed by atoms with Crippen LogP contribution in [-0.4, -0.2) is 17.1 Å². The van der Waals surface area contributed by atoms with Crippen LogP contribution in [0.15, 0.2) is 36.1 Å². The smallest absolute Gasteiger partial charge is 0.142 e. The van der Waals surface area contributed by atoms with Gasteiger partial charge in [-0.1, -0.05) is 31.2 Å². The predicted octanol–water partition coefficient (Wildman–Crippen LogP) is 5.46. The number of nitriles is 1. The van der Waals surface area contributed by atoms with Crippen molar-refractivity contribution in [3.8, 4) is 6.07 Å². The minimum Gasteiger partial charge on any atom is -0.511 e. The third kappa shape index (κ3) is 2.40. The molecule has 7 unspecified atom stereocenters. The van der Waals surface area contributed by atoms with Gasteiger partial charge in [0.15, 0.2) is 0 Å². The van der Waals surface area contributed by atoms with Crippen molar-refractivity contribution >= 4 is 6.29 Å². The number of halogens is 1. The van der Waals surface area contributed by atoms with Crippen LogP contribution in [0.25, 0.3) is 0 Å². The molecule has 0 bridgehead atoms. The molecule has 0 aromatic heterocycles. The molecule has 27 heavy (non-hydrogen) atoms. The van der Waals surface area contributed by atoms with Gasteiger partial charge in [-0.15, -0.1) is 0 Å². The average molecular weight is 371 g/mol. The summed E-state index contributed by atoms with van der Waals surface area (Å²) in [5, 5.41) is 20.2. The first kappa shape index (κ1) is 19.9. The Hall–Kier alpha value is -1.89. The second kappa shape index (κ2) is 6.62. The Labute approximate surface area is 161 Å². The zero-order valence-corrected chi connectivity index (χ0v) is 16.5. The van der Waals surface area contributed by atoms with Crippen LogP contribution in [0.1, 0.15) is 52.9 Å².